The zero-order valence-corrected chi connectivity index (χ0v) is 13.1. The maximum absolute atomic E-state index is 11.3. The molecule has 1 aliphatic heterocycles. The molecule has 2 fully saturated rings. The lowest BCUT2D eigenvalue weighted by Crippen LogP contribution is -2.48. The average Bonchev–Trinajstić information content (AvgIpc) is 3.02. The largest absolute Gasteiger partial charge is 0.369 e. The molecule has 1 aromatic heterocycles. The van der Waals surface area contributed by atoms with Gasteiger partial charge in [0.1, 0.15) is 0 Å². The number of amides is 1. The minimum atomic E-state index is -0.125. The zero-order valence-electron chi connectivity index (χ0n) is 12.3. The molecule has 0 aromatic carbocycles. The van der Waals surface area contributed by atoms with Crippen molar-refractivity contribution < 1.29 is 4.79 Å². The van der Waals surface area contributed by atoms with Gasteiger partial charge in [-0.1, -0.05) is 6.42 Å². The van der Waals surface area contributed by atoms with Crippen molar-refractivity contribution in [3.05, 3.63) is 11.6 Å². The van der Waals surface area contributed by atoms with Crippen LogP contribution in [0.15, 0.2) is 11.6 Å². The Morgan fingerprint density at radius 2 is 2.10 bits per heavy atom. The number of carbonyl (C=O) groups is 1. The molecule has 6 heteroatoms. The molecule has 3 N–H and O–H groups in total. The van der Waals surface area contributed by atoms with Crippen LogP contribution in [0.4, 0.5) is 5.13 Å². The molecule has 0 bridgehead atoms. The number of thiazole rings is 1. The standard InChI is InChI=1S/C15H24N4OS/c16-14(20)11-2-1-3-13(10-11)18-12-4-7-19(8-5-12)15-17-6-9-21-15/h6,9,11-13,18H,1-5,7-8,10H2,(H2,16,20)/t11-,13+/m1/s1. The Labute approximate surface area is 129 Å². The lowest BCUT2D eigenvalue weighted by atomic mass is 9.84. The molecule has 1 aromatic rings. The highest BCUT2D eigenvalue weighted by Gasteiger charge is 2.28. The number of anilines is 1. The second kappa shape index (κ2) is 6.75. The number of nitrogens with one attached hydrogen (secondary N) is 1. The second-order valence-electron chi connectivity index (χ2n) is 6.21. The molecule has 2 atom stereocenters. The monoisotopic (exact) mass is 308 g/mol. The van der Waals surface area contributed by atoms with Gasteiger partial charge in [-0.2, -0.15) is 0 Å². The maximum Gasteiger partial charge on any atom is 0.220 e. The van der Waals surface area contributed by atoms with E-state index in [1.54, 1.807) is 11.3 Å². The van der Waals surface area contributed by atoms with Gasteiger partial charge in [-0.05, 0) is 32.1 Å². The highest BCUT2D eigenvalue weighted by Crippen LogP contribution is 2.26. The first-order valence-electron chi connectivity index (χ1n) is 7.92. The summed E-state index contributed by atoms with van der Waals surface area (Å²) in [6.07, 6.45) is 8.35. The Morgan fingerprint density at radius 1 is 1.29 bits per heavy atom. The van der Waals surface area contributed by atoms with Crippen LogP contribution in [0.3, 0.4) is 0 Å². The van der Waals surface area contributed by atoms with Crippen LogP contribution in [0.25, 0.3) is 0 Å². The van der Waals surface area contributed by atoms with E-state index >= 15 is 0 Å². The second-order valence-corrected chi connectivity index (χ2v) is 7.08. The van der Waals surface area contributed by atoms with E-state index < -0.39 is 0 Å². The summed E-state index contributed by atoms with van der Waals surface area (Å²) in [5, 5.41) is 6.93. The summed E-state index contributed by atoms with van der Waals surface area (Å²) >= 11 is 1.71. The summed E-state index contributed by atoms with van der Waals surface area (Å²) in [6, 6.07) is 1.03. The highest BCUT2D eigenvalue weighted by atomic mass is 32.1. The van der Waals surface area contributed by atoms with E-state index in [4.69, 9.17) is 5.73 Å². The Hall–Kier alpha value is -1.14. The van der Waals surface area contributed by atoms with Gasteiger partial charge < -0.3 is 16.0 Å². The van der Waals surface area contributed by atoms with Crippen molar-refractivity contribution in [1.82, 2.24) is 10.3 Å². The van der Waals surface area contributed by atoms with Gasteiger partial charge in [-0.3, -0.25) is 4.79 Å². The first-order chi connectivity index (χ1) is 10.2. The van der Waals surface area contributed by atoms with Gasteiger partial charge in [0.05, 0.1) is 0 Å². The van der Waals surface area contributed by atoms with Gasteiger partial charge in [0.15, 0.2) is 5.13 Å². The quantitative estimate of drug-likeness (QED) is 0.889. The molecule has 2 aliphatic rings. The molecule has 0 unspecified atom stereocenters. The molecule has 3 rings (SSSR count). The zero-order chi connectivity index (χ0) is 14.7. The molecular weight excluding hydrogens is 284 g/mol. The lowest BCUT2D eigenvalue weighted by Gasteiger charge is -2.36. The van der Waals surface area contributed by atoms with Crippen molar-refractivity contribution in [2.24, 2.45) is 11.7 Å². The first kappa shape index (κ1) is 14.8. The minimum absolute atomic E-state index is 0.0756. The molecule has 1 saturated carbocycles. The Bertz CT molecular complexity index is 456. The summed E-state index contributed by atoms with van der Waals surface area (Å²) in [6.45, 7) is 2.13. The average molecular weight is 308 g/mol. The number of aromatic nitrogens is 1. The van der Waals surface area contributed by atoms with Crippen LogP contribution in [-0.2, 0) is 4.79 Å². The third-order valence-electron chi connectivity index (χ3n) is 4.73. The van der Waals surface area contributed by atoms with E-state index in [1.165, 1.54) is 6.42 Å². The Balaban J connectivity index is 1.46. The summed E-state index contributed by atoms with van der Waals surface area (Å²) in [4.78, 5) is 18.1. The number of primary amides is 1. The van der Waals surface area contributed by atoms with Gasteiger partial charge >= 0.3 is 0 Å². The van der Waals surface area contributed by atoms with Gasteiger partial charge in [0, 0.05) is 42.7 Å². The molecule has 0 spiro atoms. The van der Waals surface area contributed by atoms with Gasteiger partial charge in [0.2, 0.25) is 5.91 Å². The van der Waals surface area contributed by atoms with Crippen molar-refractivity contribution in [1.29, 1.82) is 0 Å². The van der Waals surface area contributed by atoms with E-state index in [-0.39, 0.29) is 11.8 Å². The van der Waals surface area contributed by atoms with Crippen LogP contribution in [0.5, 0.6) is 0 Å². The topological polar surface area (TPSA) is 71.2 Å². The first-order valence-corrected chi connectivity index (χ1v) is 8.80. The van der Waals surface area contributed by atoms with E-state index in [2.05, 4.69) is 15.2 Å². The number of hydrogen-bond donors (Lipinski definition) is 2. The number of nitrogens with zero attached hydrogens (tertiary/aromatic N) is 2. The van der Waals surface area contributed by atoms with Crippen LogP contribution in [-0.4, -0.2) is 36.1 Å². The van der Waals surface area contributed by atoms with Crippen LogP contribution in [0.1, 0.15) is 38.5 Å². The van der Waals surface area contributed by atoms with E-state index in [1.807, 2.05) is 11.6 Å². The summed E-state index contributed by atoms with van der Waals surface area (Å²) in [7, 11) is 0. The predicted molar refractivity (Wildman–Crippen MR) is 85.4 cm³/mol. The van der Waals surface area contributed by atoms with E-state index in [9.17, 15) is 4.79 Å². The number of hydrogen-bond acceptors (Lipinski definition) is 5. The summed E-state index contributed by atoms with van der Waals surface area (Å²) in [5.41, 5.74) is 5.46. The third kappa shape index (κ3) is 3.74. The molecule has 1 aliphatic carbocycles. The number of rotatable bonds is 4. The highest BCUT2D eigenvalue weighted by molar-refractivity contribution is 7.13. The minimum Gasteiger partial charge on any atom is -0.369 e. The molecule has 116 valence electrons. The molecule has 21 heavy (non-hydrogen) atoms. The molecule has 1 saturated heterocycles. The molecule has 0 radical (unpaired) electrons. The smallest absolute Gasteiger partial charge is 0.220 e. The van der Waals surface area contributed by atoms with Crippen molar-refractivity contribution in [2.75, 3.05) is 18.0 Å². The van der Waals surface area contributed by atoms with Crippen molar-refractivity contribution >= 4 is 22.4 Å². The molecule has 5 nitrogen and oxygen atoms in total. The predicted octanol–water partition coefficient (Wildman–Crippen LogP) is 1.75. The molecule has 2 heterocycles. The van der Waals surface area contributed by atoms with Crippen LogP contribution < -0.4 is 16.0 Å². The van der Waals surface area contributed by atoms with Gasteiger partial charge in [-0.25, -0.2) is 4.98 Å². The number of carbonyl (C=O) groups excluding carboxylic acids is 1. The Kier molecular flexibility index (Phi) is 4.75. The van der Waals surface area contributed by atoms with E-state index in [0.717, 1.165) is 50.3 Å². The fraction of sp³-hybridized carbons (Fsp3) is 0.733. The number of nitrogens with two attached hydrogens (primary N) is 1. The third-order valence-corrected chi connectivity index (χ3v) is 5.56. The van der Waals surface area contributed by atoms with Gasteiger partial charge in [-0.15, -0.1) is 11.3 Å². The summed E-state index contributed by atoms with van der Waals surface area (Å²) in [5.74, 6) is -0.0493. The van der Waals surface area contributed by atoms with Crippen molar-refractivity contribution in [3.8, 4) is 0 Å². The van der Waals surface area contributed by atoms with Crippen molar-refractivity contribution in [2.45, 2.75) is 50.6 Å². The fourth-order valence-corrected chi connectivity index (χ4v) is 4.24. The molecule has 1 amide bonds. The van der Waals surface area contributed by atoms with Gasteiger partial charge in [0.25, 0.3) is 0 Å². The fourth-order valence-electron chi connectivity index (χ4n) is 3.54. The summed E-state index contributed by atoms with van der Waals surface area (Å²) < 4.78 is 0. The van der Waals surface area contributed by atoms with Crippen molar-refractivity contribution in [3.63, 3.8) is 0 Å². The van der Waals surface area contributed by atoms with Crippen LogP contribution in [0.2, 0.25) is 0 Å². The Morgan fingerprint density at radius 3 is 2.76 bits per heavy atom. The SMILES string of the molecule is NC(=O)[C@@H]1CCC[C@H](NC2CCN(c3nccs3)CC2)C1. The normalized spacial score (nSPS) is 27.7. The number of piperidine rings is 1. The molecular formula is C15H24N4OS. The lowest BCUT2D eigenvalue weighted by molar-refractivity contribution is -0.123. The van der Waals surface area contributed by atoms with Crippen LogP contribution >= 0.6 is 11.3 Å². The van der Waals surface area contributed by atoms with E-state index in [0.29, 0.717) is 12.1 Å². The maximum atomic E-state index is 11.3. The van der Waals surface area contributed by atoms with Crippen LogP contribution in [0, 0.1) is 5.92 Å².